The minimum Gasteiger partial charge on any atom is -0.361 e. The Morgan fingerprint density at radius 3 is 3.14 bits per heavy atom. The van der Waals surface area contributed by atoms with Gasteiger partial charge in [-0.1, -0.05) is 17.3 Å². The number of rotatable bonds is 3. The van der Waals surface area contributed by atoms with Gasteiger partial charge in [0.1, 0.15) is 11.6 Å². The molecule has 2 heterocycles. The molecule has 1 amide bonds. The Morgan fingerprint density at radius 1 is 1.48 bits per heavy atom. The fourth-order valence-corrected chi connectivity index (χ4v) is 2.55. The third-order valence-electron chi connectivity index (χ3n) is 3.92. The number of aromatic nitrogens is 1. The summed E-state index contributed by atoms with van der Waals surface area (Å²) in [5.41, 5.74) is 2.46. The van der Waals surface area contributed by atoms with Gasteiger partial charge in [-0.3, -0.25) is 4.79 Å². The maximum Gasteiger partial charge on any atom is 0.223 e. The van der Waals surface area contributed by atoms with Crippen LogP contribution in [-0.2, 0) is 24.2 Å². The molecule has 1 aliphatic heterocycles. The van der Waals surface area contributed by atoms with Crippen molar-refractivity contribution < 1.29 is 13.7 Å². The van der Waals surface area contributed by atoms with Crippen LogP contribution in [0, 0.1) is 12.7 Å². The number of amides is 1. The highest BCUT2D eigenvalue weighted by atomic mass is 19.1. The molecule has 4 nitrogen and oxygen atoms in total. The van der Waals surface area contributed by atoms with Crippen LogP contribution in [0.2, 0.25) is 0 Å². The van der Waals surface area contributed by atoms with Crippen LogP contribution in [0.25, 0.3) is 0 Å². The van der Waals surface area contributed by atoms with E-state index in [1.165, 1.54) is 6.07 Å². The molecule has 3 rings (SSSR count). The molecule has 0 spiro atoms. The molecule has 1 aromatic carbocycles. The molecule has 0 radical (unpaired) electrons. The van der Waals surface area contributed by atoms with Gasteiger partial charge in [0.25, 0.3) is 0 Å². The van der Waals surface area contributed by atoms with E-state index < -0.39 is 0 Å². The lowest BCUT2D eigenvalue weighted by atomic mass is 10.1. The molecule has 0 bridgehead atoms. The molecule has 0 atom stereocenters. The van der Waals surface area contributed by atoms with Crippen LogP contribution in [0.15, 0.2) is 28.9 Å². The number of hydrogen-bond acceptors (Lipinski definition) is 3. The van der Waals surface area contributed by atoms with Gasteiger partial charge in [-0.2, -0.15) is 0 Å². The average molecular weight is 288 g/mol. The van der Waals surface area contributed by atoms with Crippen LogP contribution in [0.3, 0.4) is 0 Å². The highest BCUT2D eigenvalue weighted by Gasteiger charge is 2.23. The molecule has 5 heteroatoms. The highest BCUT2D eigenvalue weighted by molar-refractivity contribution is 5.76. The van der Waals surface area contributed by atoms with E-state index in [2.05, 4.69) is 5.16 Å². The van der Waals surface area contributed by atoms with Crippen molar-refractivity contribution in [3.8, 4) is 0 Å². The first-order valence-corrected chi connectivity index (χ1v) is 7.08. The van der Waals surface area contributed by atoms with Crippen molar-refractivity contribution >= 4 is 5.91 Å². The lowest BCUT2D eigenvalue weighted by molar-refractivity contribution is -0.132. The topological polar surface area (TPSA) is 46.3 Å². The van der Waals surface area contributed by atoms with Gasteiger partial charge in [0.05, 0.1) is 12.7 Å². The second-order valence-corrected chi connectivity index (χ2v) is 5.42. The molecule has 0 saturated carbocycles. The van der Waals surface area contributed by atoms with Crippen LogP contribution in [0.4, 0.5) is 4.39 Å². The molecule has 0 aliphatic carbocycles. The SMILES string of the molecule is Cc1ccc(CCC(=O)N2CCc3oncc3C2)cc1F. The summed E-state index contributed by atoms with van der Waals surface area (Å²) in [6, 6.07) is 5.14. The zero-order valence-electron chi connectivity index (χ0n) is 11.9. The second kappa shape index (κ2) is 5.68. The van der Waals surface area contributed by atoms with Gasteiger partial charge in [0, 0.05) is 24.9 Å². The number of carbonyl (C=O) groups excluding carboxylic acids is 1. The van der Waals surface area contributed by atoms with Crippen molar-refractivity contribution in [2.45, 2.75) is 32.7 Å². The number of halogens is 1. The minimum absolute atomic E-state index is 0.0860. The molecule has 0 saturated heterocycles. The summed E-state index contributed by atoms with van der Waals surface area (Å²) >= 11 is 0. The second-order valence-electron chi connectivity index (χ2n) is 5.42. The van der Waals surface area contributed by atoms with Crippen molar-refractivity contribution in [3.05, 3.63) is 52.7 Å². The van der Waals surface area contributed by atoms with E-state index in [-0.39, 0.29) is 11.7 Å². The lowest BCUT2D eigenvalue weighted by Gasteiger charge is -2.25. The number of fused-ring (bicyclic) bond motifs is 1. The Balaban J connectivity index is 1.58. The zero-order chi connectivity index (χ0) is 14.8. The fourth-order valence-electron chi connectivity index (χ4n) is 2.55. The van der Waals surface area contributed by atoms with Gasteiger partial charge in [-0.15, -0.1) is 0 Å². The average Bonchev–Trinajstić information content (AvgIpc) is 2.95. The number of carbonyl (C=O) groups is 1. The smallest absolute Gasteiger partial charge is 0.223 e. The molecule has 2 aromatic rings. The van der Waals surface area contributed by atoms with Crippen molar-refractivity contribution in [2.75, 3.05) is 6.54 Å². The third kappa shape index (κ3) is 2.96. The molecule has 21 heavy (non-hydrogen) atoms. The van der Waals surface area contributed by atoms with Crippen molar-refractivity contribution in [1.82, 2.24) is 10.1 Å². The first-order valence-electron chi connectivity index (χ1n) is 7.08. The molecule has 0 N–H and O–H groups in total. The van der Waals surface area contributed by atoms with E-state index in [4.69, 9.17) is 4.52 Å². The number of aryl methyl sites for hydroxylation is 2. The monoisotopic (exact) mass is 288 g/mol. The fraction of sp³-hybridized carbons (Fsp3) is 0.375. The predicted octanol–water partition coefficient (Wildman–Crippen LogP) is 2.64. The minimum atomic E-state index is -0.216. The van der Waals surface area contributed by atoms with E-state index in [0.29, 0.717) is 37.9 Å². The van der Waals surface area contributed by atoms with E-state index in [9.17, 15) is 9.18 Å². The molecule has 0 fully saturated rings. The Kier molecular flexibility index (Phi) is 3.73. The van der Waals surface area contributed by atoms with Crippen molar-refractivity contribution in [2.24, 2.45) is 0 Å². The number of nitrogens with zero attached hydrogens (tertiary/aromatic N) is 2. The van der Waals surface area contributed by atoms with E-state index >= 15 is 0 Å². The van der Waals surface area contributed by atoms with Crippen LogP contribution in [-0.4, -0.2) is 22.5 Å². The standard InChI is InChI=1S/C16H17FN2O2/c1-11-2-3-12(8-14(11)17)4-5-16(20)19-7-6-15-13(10-19)9-18-21-15/h2-3,8-9H,4-7,10H2,1H3. The van der Waals surface area contributed by atoms with Crippen LogP contribution < -0.4 is 0 Å². The van der Waals surface area contributed by atoms with Crippen LogP contribution >= 0.6 is 0 Å². The maximum atomic E-state index is 13.5. The van der Waals surface area contributed by atoms with Crippen LogP contribution in [0.1, 0.15) is 28.9 Å². The summed E-state index contributed by atoms with van der Waals surface area (Å²) in [5, 5.41) is 3.75. The Bertz CT molecular complexity index is 666. The molecular formula is C16H17FN2O2. The van der Waals surface area contributed by atoms with Gasteiger partial charge >= 0.3 is 0 Å². The molecule has 0 unspecified atom stereocenters. The normalized spacial score (nSPS) is 14.1. The largest absolute Gasteiger partial charge is 0.361 e. The predicted molar refractivity (Wildman–Crippen MR) is 75.1 cm³/mol. The Labute approximate surface area is 122 Å². The summed E-state index contributed by atoms with van der Waals surface area (Å²) in [6.07, 6.45) is 3.33. The van der Waals surface area contributed by atoms with Crippen molar-refractivity contribution in [1.29, 1.82) is 0 Å². The number of benzene rings is 1. The lowest BCUT2D eigenvalue weighted by Crippen LogP contribution is -2.35. The maximum absolute atomic E-state index is 13.5. The third-order valence-corrected chi connectivity index (χ3v) is 3.92. The quantitative estimate of drug-likeness (QED) is 0.872. The van der Waals surface area contributed by atoms with Gasteiger partial charge in [-0.05, 0) is 30.5 Å². The molecule has 1 aromatic heterocycles. The number of hydrogen-bond donors (Lipinski definition) is 0. The summed E-state index contributed by atoms with van der Waals surface area (Å²) in [6.45, 7) is 2.94. The Morgan fingerprint density at radius 2 is 2.33 bits per heavy atom. The van der Waals surface area contributed by atoms with E-state index in [1.54, 1.807) is 19.2 Å². The summed E-state index contributed by atoms with van der Waals surface area (Å²) in [4.78, 5) is 14.0. The highest BCUT2D eigenvalue weighted by Crippen LogP contribution is 2.19. The van der Waals surface area contributed by atoms with Gasteiger partial charge in [0.2, 0.25) is 5.91 Å². The van der Waals surface area contributed by atoms with Gasteiger partial charge < -0.3 is 9.42 Å². The summed E-state index contributed by atoms with van der Waals surface area (Å²) < 4.78 is 18.6. The first-order chi connectivity index (χ1) is 10.1. The van der Waals surface area contributed by atoms with Crippen LogP contribution in [0.5, 0.6) is 0 Å². The van der Waals surface area contributed by atoms with E-state index in [1.807, 2.05) is 11.0 Å². The first kappa shape index (κ1) is 13.8. The molecule has 1 aliphatic rings. The summed E-state index contributed by atoms with van der Waals surface area (Å²) in [7, 11) is 0. The molecule has 110 valence electrons. The summed E-state index contributed by atoms with van der Waals surface area (Å²) in [5.74, 6) is 0.745. The van der Waals surface area contributed by atoms with Crippen molar-refractivity contribution in [3.63, 3.8) is 0 Å². The van der Waals surface area contributed by atoms with Gasteiger partial charge in [-0.25, -0.2) is 4.39 Å². The molecular weight excluding hydrogens is 271 g/mol. The Hall–Kier alpha value is -2.17. The zero-order valence-corrected chi connectivity index (χ0v) is 11.9. The van der Waals surface area contributed by atoms with E-state index in [0.717, 1.165) is 16.9 Å². The van der Waals surface area contributed by atoms with Gasteiger partial charge in [0.15, 0.2) is 0 Å².